The fourth-order valence-corrected chi connectivity index (χ4v) is 15.8. The highest BCUT2D eigenvalue weighted by atomic mass is 35.5. The molecular weight excluding hydrogens is 1450 g/mol. The van der Waals surface area contributed by atoms with Gasteiger partial charge in [0.2, 0.25) is 5.95 Å². The Morgan fingerprint density at radius 2 is 0.787 bits per heavy atom. The number of nitrogen functional groups attached to an aromatic ring is 1. The SMILES string of the molecule is Cc1nc(Cl)c2c(=O)cc[nH]c2n1.Cc1nc(N2CCCC2c2cc3cccc(Cl)c3c(=O)n2-c2ccccc2)c2c(=O)cc[nH]c2n1.N.Nc1nc(N2CCCC2c2cc3cccc(Cl)c3c(=O)n2-c2ccccc2)c2c(=O)cc[nH]c2n1.O.O=c1c2c(Cl)cccc2cc(C2CCCN2)n1-c1ccccc1. The van der Waals surface area contributed by atoms with Crippen molar-refractivity contribution in [2.24, 2.45) is 0 Å². The molecule has 11 N–H and O–H groups in total. The number of hydrogen-bond donors (Lipinski definition) is 6. The summed E-state index contributed by atoms with van der Waals surface area (Å²) < 4.78 is 5.27. The molecule has 24 nitrogen and oxygen atoms in total. The van der Waals surface area contributed by atoms with Gasteiger partial charge >= 0.3 is 0 Å². The molecule has 3 aliphatic heterocycles. The van der Waals surface area contributed by atoms with E-state index >= 15 is 0 Å². The van der Waals surface area contributed by atoms with E-state index in [2.05, 4.69) is 61.1 Å². The van der Waals surface area contributed by atoms with Gasteiger partial charge in [-0.3, -0.25) is 42.5 Å². The highest BCUT2D eigenvalue weighted by Crippen LogP contribution is 2.41. The number of anilines is 3. The maximum absolute atomic E-state index is 13.9. The monoisotopic (exact) mass is 1520 g/mol. The average molecular weight is 1520 g/mol. The number of aromatic amines is 3. The summed E-state index contributed by atoms with van der Waals surface area (Å²) in [5, 5.41) is 10.2. The van der Waals surface area contributed by atoms with Crippen LogP contribution in [0.1, 0.15) is 85.4 Å². The van der Waals surface area contributed by atoms with Crippen LogP contribution in [-0.2, 0) is 0 Å². The van der Waals surface area contributed by atoms with E-state index < -0.39 is 0 Å². The van der Waals surface area contributed by atoms with Gasteiger partial charge in [0.1, 0.15) is 61.5 Å². The van der Waals surface area contributed by atoms with Crippen LogP contribution in [0.3, 0.4) is 0 Å². The smallest absolute Gasteiger partial charge is 0.264 e. The van der Waals surface area contributed by atoms with Gasteiger partial charge in [-0.2, -0.15) is 9.97 Å². The van der Waals surface area contributed by atoms with Crippen LogP contribution >= 0.6 is 46.4 Å². The van der Waals surface area contributed by atoms with Crippen molar-refractivity contribution in [3.05, 3.63) is 311 Å². The van der Waals surface area contributed by atoms with Gasteiger partial charge in [0, 0.05) is 90.1 Å². The third-order valence-corrected chi connectivity index (χ3v) is 20.5. The van der Waals surface area contributed by atoms with Crippen LogP contribution in [0.15, 0.2) is 229 Å². The molecule has 6 aromatic carbocycles. The molecule has 12 heterocycles. The minimum Gasteiger partial charge on any atom is -0.412 e. The first-order valence-electron chi connectivity index (χ1n) is 34.5. The van der Waals surface area contributed by atoms with Gasteiger partial charge in [-0.25, -0.2) is 19.9 Å². The molecule has 15 aromatic rings. The summed E-state index contributed by atoms with van der Waals surface area (Å²) in [5.41, 5.74) is 11.5. The van der Waals surface area contributed by atoms with Gasteiger partial charge in [0.05, 0.1) is 43.3 Å². The Balaban J connectivity index is 0.000000133. The standard InChI is InChI=1S/C27H22ClN5O2.C26H21ClN6O2.C19H17ClN2O.C8H6ClN3O.H3N.H2O/c1-16-30-25-24(22(34)12-13-29-25)26(31-16)32-14-6-11-20(32)21-15-17-7-5-10-19(28)23(17)27(35)33(21)18-8-3-2-4-9-18;27-17-9-4-6-15-14-19(33(25(35)21(15)17)16-7-2-1-3-8-16)18-10-5-13-32(18)24-22-20(34)11-12-29-23(22)30-26(28)31-24;20-15-9-4-6-13-12-17(16-10-5-11-21-16)22(19(23)18(13)15)14-7-2-1-3-8-14;1-4-11-7(9)6-5(13)2-3-10-8(6)12-4;;/h2-5,7-10,12-13,15,20H,6,11,14H2,1H3,(H,29,30,31,34);1-4,6-9,11-12,14,18H,5,10,13H2,(H3,28,29,30,31,34);1-4,6-9,12,16,21H,5,10-11H2;2-3H,1H3,(H,10,11,12,13);1H3;1H2. The van der Waals surface area contributed by atoms with Crippen LogP contribution in [0.5, 0.6) is 0 Å². The Bertz CT molecular complexity index is 6060. The van der Waals surface area contributed by atoms with E-state index in [1.807, 2.05) is 146 Å². The third kappa shape index (κ3) is 14.3. The van der Waals surface area contributed by atoms with Gasteiger partial charge in [-0.1, -0.05) is 137 Å². The van der Waals surface area contributed by atoms with Gasteiger partial charge in [-0.15, -0.1) is 0 Å². The minimum atomic E-state index is -0.219. The molecule has 546 valence electrons. The number of nitrogens with two attached hydrogens (primary N) is 1. The molecule has 0 spiro atoms. The molecule has 0 radical (unpaired) electrons. The first kappa shape index (κ1) is 74.5. The Kier molecular flexibility index (Phi) is 21.9. The largest absolute Gasteiger partial charge is 0.412 e. The Morgan fingerprint density at radius 1 is 0.407 bits per heavy atom. The van der Waals surface area contributed by atoms with Crippen molar-refractivity contribution in [3.8, 4) is 17.1 Å². The lowest BCUT2D eigenvalue weighted by molar-refractivity contribution is 0.607. The number of benzene rings is 6. The second-order valence-corrected chi connectivity index (χ2v) is 27.4. The molecule has 3 fully saturated rings. The van der Waals surface area contributed by atoms with Gasteiger partial charge in [0.15, 0.2) is 16.3 Å². The van der Waals surface area contributed by atoms with Crippen molar-refractivity contribution in [1.82, 2.24) is 70.0 Å². The number of nitrogens with one attached hydrogen (secondary N) is 4. The summed E-state index contributed by atoms with van der Waals surface area (Å²) >= 11 is 25.0. The van der Waals surface area contributed by atoms with E-state index in [1.165, 1.54) is 24.4 Å². The topological polar surface area (TPSA) is 353 Å². The van der Waals surface area contributed by atoms with Crippen molar-refractivity contribution in [1.29, 1.82) is 0 Å². The highest BCUT2D eigenvalue weighted by molar-refractivity contribution is 6.36. The predicted molar refractivity (Wildman–Crippen MR) is 430 cm³/mol. The summed E-state index contributed by atoms with van der Waals surface area (Å²) in [6.45, 7) is 5.89. The fourth-order valence-electron chi connectivity index (χ4n) is 14.7. The van der Waals surface area contributed by atoms with Crippen molar-refractivity contribution < 1.29 is 5.48 Å². The van der Waals surface area contributed by atoms with E-state index in [4.69, 9.17) is 57.1 Å². The molecule has 108 heavy (non-hydrogen) atoms. The maximum atomic E-state index is 13.9. The highest BCUT2D eigenvalue weighted by Gasteiger charge is 2.35. The Morgan fingerprint density at radius 3 is 1.21 bits per heavy atom. The summed E-state index contributed by atoms with van der Waals surface area (Å²) in [5.74, 6) is 2.25. The van der Waals surface area contributed by atoms with Crippen molar-refractivity contribution >= 4 is 129 Å². The van der Waals surface area contributed by atoms with E-state index in [0.29, 0.717) is 101 Å². The van der Waals surface area contributed by atoms with Crippen molar-refractivity contribution in [3.63, 3.8) is 0 Å². The molecule has 0 saturated carbocycles. The average Bonchev–Trinajstić information content (AvgIpc) is 0.927. The lowest BCUT2D eigenvalue weighted by Crippen LogP contribution is -2.31. The third-order valence-electron chi connectivity index (χ3n) is 19.3. The second kappa shape index (κ2) is 31.8. The summed E-state index contributed by atoms with van der Waals surface area (Å²) in [6.07, 6.45) is 10.2. The molecule has 0 bridgehead atoms. The van der Waals surface area contributed by atoms with Crippen LogP contribution in [0.2, 0.25) is 20.2 Å². The number of fused-ring (bicyclic) bond motifs is 6. The van der Waals surface area contributed by atoms with E-state index in [9.17, 15) is 28.8 Å². The molecule has 3 atom stereocenters. The number of hydrogen-bond acceptors (Lipinski definition) is 17. The lowest BCUT2D eigenvalue weighted by atomic mass is 10.0. The second-order valence-electron chi connectivity index (χ2n) is 25.9. The number of aryl methyl sites for hydroxylation is 2. The zero-order chi connectivity index (χ0) is 73.4. The van der Waals surface area contributed by atoms with Crippen LogP contribution < -0.4 is 60.0 Å². The number of aromatic nitrogens is 12. The predicted octanol–water partition coefficient (Wildman–Crippen LogP) is 13.8. The fraction of sp³-hybridized carbons (Fsp3) is 0.175. The van der Waals surface area contributed by atoms with E-state index in [1.54, 1.807) is 51.2 Å². The molecular formula is C80H71Cl4N17O7. The van der Waals surface area contributed by atoms with Crippen LogP contribution in [-0.4, -0.2) is 83.7 Å². The summed E-state index contributed by atoms with van der Waals surface area (Å²) in [7, 11) is 0. The Labute approximate surface area is 635 Å². The number of halogens is 4. The molecule has 3 aliphatic rings. The normalized spacial score (nSPS) is 15.3. The molecule has 0 amide bonds. The minimum absolute atomic E-state index is 0. The molecule has 28 heteroatoms. The Hall–Kier alpha value is -11.7. The van der Waals surface area contributed by atoms with Gasteiger partial charge < -0.3 is 47.4 Å². The number of para-hydroxylation sites is 3. The van der Waals surface area contributed by atoms with E-state index in [-0.39, 0.29) is 73.8 Å². The maximum Gasteiger partial charge on any atom is 0.264 e. The summed E-state index contributed by atoms with van der Waals surface area (Å²) in [4.78, 5) is 117. The van der Waals surface area contributed by atoms with Gasteiger partial charge in [-0.05, 0) is 148 Å². The zero-order valence-electron chi connectivity index (χ0n) is 58.3. The summed E-state index contributed by atoms with van der Waals surface area (Å²) in [6, 6.07) is 55.7. The molecule has 3 saturated heterocycles. The van der Waals surface area contributed by atoms with Gasteiger partial charge in [0.25, 0.3) is 16.7 Å². The lowest BCUT2D eigenvalue weighted by Gasteiger charge is -2.29. The first-order chi connectivity index (χ1) is 51.5. The first-order valence-corrected chi connectivity index (χ1v) is 36.0. The molecule has 3 unspecified atom stereocenters. The number of pyridine rings is 6. The van der Waals surface area contributed by atoms with Crippen LogP contribution in [0.4, 0.5) is 17.6 Å². The van der Waals surface area contributed by atoms with E-state index in [0.717, 1.165) is 95.4 Å². The number of H-pyrrole nitrogens is 3. The number of nitrogens with zero attached hydrogens (tertiary/aromatic N) is 11. The molecule has 0 aliphatic carbocycles. The van der Waals surface area contributed by atoms with Crippen LogP contribution in [0.25, 0.3) is 82.5 Å². The van der Waals surface area contributed by atoms with Crippen molar-refractivity contribution in [2.45, 2.75) is 70.5 Å². The quantitative estimate of drug-likeness (QED) is 0.0770. The molecule has 18 rings (SSSR count). The zero-order valence-corrected chi connectivity index (χ0v) is 61.3. The van der Waals surface area contributed by atoms with Crippen LogP contribution in [0, 0.1) is 13.8 Å². The number of rotatable bonds is 8. The molecule has 9 aromatic heterocycles. The van der Waals surface area contributed by atoms with Crippen molar-refractivity contribution in [2.75, 3.05) is 35.2 Å².